The van der Waals surface area contributed by atoms with E-state index in [0.29, 0.717) is 16.5 Å². The van der Waals surface area contributed by atoms with Crippen LogP contribution in [0.5, 0.6) is 0 Å². The molecule has 2 rings (SSSR count). The summed E-state index contributed by atoms with van der Waals surface area (Å²) in [5, 5.41) is 3.55. The van der Waals surface area contributed by atoms with Gasteiger partial charge in [-0.1, -0.05) is 13.3 Å². The number of amides is 2. The maximum Gasteiger partial charge on any atom is 0.248 e. The molecule has 0 aliphatic carbocycles. The number of nitrogens with zero attached hydrogens (tertiary/aromatic N) is 1. The lowest BCUT2D eigenvalue weighted by atomic mass is 10.2. The van der Waals surface area contributed by atoms with E-state index in [9.17, 15) is 9.59 Å². The summed E-state index contributed by atoms with van der Waals surface area (Å²) in [6.07, 6.45) is 3.61. The topological polar surface area (TPSA) is 75.4 Å². The van der Waals surface area contributed by atoms with Gasteiger partial charge in [0.25, 0.3) is 0 Å². The molecule has 1 aromatic carbocycles. The number of rotatable bonds is 6. The first kappa shape index (κ1) is 18.8. The summed E-state index contributed by atoms with van der Waals surface area (Å²) in [5.74, 6) is 0.639. The van der Waals surface area contributed by atoms with Crippen LogP contribution < -0.4 is 11.1 Å². The van der Waals surface area contributed by atoms with Crippen LogP contribution in [0.2, 0.25) is 0 Å². The molecule has 0 saturated carbocycles. The number of hydrogen-bond donors (Lipinski definition) is 2. The second-order valence-corrected chi connectivity index (χ2v) is 7.75. The van der Waals surface area contributed by atoms with Crippen molar-refractivity contribution in [1.82, 2.24) is 4.90 Å². The van der Waals surface area contributed by atoms with Gasteiger partial charge >= 0.3 is 0 Å². The number of benzene rings is 1. The van der Waals surface area contributed by atoms with Gasteiger partial charge in [0.05, 0.1) is 6.04 Å². The fourth-order valence-electron chi connectivity index (χ4n) is 2.98. The molecule has 2 amide bonds. The number of carbonyl (C=O) groups is 2. The lowest BCUT2D eigenvalue weighted by Crippen LogP contribution is -2.44. The van der Waals surface area contributed by atoms with Crippen LogP contribution >= 0.6 is 11.8 Å². The Bertz CT molecular complexity index is 562. The van der Waals surface area contributed by atoms with Gasteiger partial charge in [-0.15, -0.1) is 0 Å². The fourth-order valence-corrected chi connectivity index (χ4v) is 4.09. The summed E-state index contributed by atoms with van der Waals surface area (Å²) in [6, 6.07) is 6.51. The molecule has 1 heterocycles. The predicted molar refractivity (Wildman–Crippen MR) is 100 cm³/mol. The van der Waals surface area contributed by atoms with E-state index in [1.54, 1.807) is 24.3 Å². The summed E-state index contributed by atoms with van der Waals surface area (Å²) >= 11 is 1.99. The molecular formula is C18H27N3O2S. The summed E-state index contributed by atoms with van der Waals surface area (Å²) in [6.45, 7) is 6.08. The maximum absolute atomic E-state index is 12.6. The summed E-state index contributed by atoms with van der Waals surface area (Å²) in [7, 11) is 0. The Hall–Kier alpha value is -1.53. The Labute approximate surface area is 148 Å². The third-order valence-electron chi connectivity index (χ3n) is 4.43. The van der Waals surface area contributed by atoms with Gasteiger partial charge in [-0.05, 0) is 56.3 Å². The van der Waals surface area contributed by atoms with E-state index >= 15 is 0 Å². The standard InChI is InChI=1S/C18H27N3O2S/c1-3-24-16-6-4-5-11-21(12-16)13(2)18(23)20-15-9-7-14(8-10-15)17(19)22/h7-10,13,16H,3-6,11-12H2,1-2H3,(H2,19,22)(H,20,23)/t13-,16-/m0/s1. The highest BCUT2D eigenvalue weighted by Gasteiger charge is 2.26. The SMILES string of the molecule is CCS[C@H]1CCCCN([C@@H](C)C(=O)Nc2ccc(C(N)=O)cc2)C1. The van der Waals surface area contributed by atoms with Gasteiger partial charge in [0.15, 0.2) is 0 Å². The molecule has 24 heavy (non-hydrogen) atoms. The molecule has 0 spiro atoms. The van der Waals surface area contributed by atoms with Crippen molar-refractivity contribution >= 4 is 29.3 Å². The smallest absolute Gasteiger partial charge is 0.248 e. The Morgan fingerprint density at radius 1 is 1.33 bits per heavy atom. The highest BCUT2D eigenvalue weighted by atomic mass is 32.2. The third kappa shape index (κ3) is 5.24. The van der Waals surface area contributed by atoms with E-state index in [1.165, 1.54) is 12.8 Å². The van der Waals surface area contributed by atoms with Gasteiger partial charge < -0.3 is 11.1 Å². The van der Waals surface area contributed by atoms with Crippen molar-refractivity contribution in [2.45, 2.75) is 44.4 Å². The van der Waals surface area contributed by atoms with Crippen molar-refractivity contribution in [2.24, 2.45) is 5.73 Å². The average Bonchev–Trinajstić information content (AvgIpc) is 2.80. The number of primary amides is 1. The Balaban J connectivity index is 1.96. The largest absolute Gasteiger partial charge is 0.366 e. The second kappa shape index (κ2) is 9.08. The number of thioether (sulfide) groups is 1. The Morgan fingerprint density at radius 2 is 2.04 bits per heavy atom. The second-order valence-electron chi connectivity index (χ2n) is 6.17. The molecule has 0 radical (unpaired) electrons. The minimum absolute atomic E-state index is 0.0102. The monoisotopic (exact) mass is 349 g/mol. The van der Waals surface area contributed by atoms with Crippen LogP contribution in [0.4, 0.5) is 5.69 Å². The molecule has 3 N–H and O–H groups in total. The van der Waals surface area contributed by atoms with E-state index in [1.807, 2.05) is 18.7 Å². The van der Waals surface area contributed by atoms with Gasteiger partial charge in [-0.3, -0.25) is 14.5 Å². The van der Waals surface area contributed by atoms with E-state index in [4.69, 9.17) is 5.73 Å². The Morgan fingerprint density at radius 3 is 2.67 bits per heavy atom. The molecule has 1 aliphatic rings. The number of nitrogens with two attached hydrogens (primary N) is 1. The maximum atomic E-state index is 12.6. The molecule has 0 aromatic heterocycles. The van der Waals surface area contributed by atoms with E-state index in [2.05, 4.69) is 17.1 Å². The molecular weight excluding hydrogens is 322 g/mol. The van der Waals surface area contributed by atoms with Crippen LogP contribution in [0.1, 0.15) is 43.5 Å². The Kier molecular flexibility index (Phi) is 7.12. The minimum atomic E-state index is -0.467. The fraction of sp³-hybridized carbons (Fsp3) is 0.556. The number of likely N-dealkylation sites (tertiary alicyclic amines) is 1. The zero-order valence-electron chi connectivity index (χ0n) is 14.5. The highest BCUT2D eigenvalue weighted by molar-refractivity contribution is 7.99. The molecule has 1 saturated heterocycles. The van der Waals surface area contributed by atoms with Crippen LogP contribution in [-0.4, -0.2) is 46.8 Å². The van der Waals surface area contributed by atoms with E-state index in [0.717, 1.165) is 25.3 Å². The molecule has 0 bridgehead atoms. The minimum Gasteiger partial charge on any atom is -0.366 e. The van der Waals surface area contributed by atoms with Crippen LogP contribution in [0.15, 0.2) is 24.3 Å². The molecule has 2 atom stereocenters. The highest BCUT2D eigenvalue weighted by Crippen LogP contribution is 2.23. The quantitative estimate of drug-likeness (QED) is 0.828. The molecule has 0 unspecified atom stereocenters. The van der Waals surface area contributed by atoms with Crippen molar-refractivity contribution in [3.63, 3.8) is 0 Å². The average molecular weight is 350 g/mol. The first-order valence-corrected chi connectivity index (χ1v) is 9.62. The first-order chi connectivity index (χ1) is 11.5. The molecule has 1 fully saturated rings. The van der Waals surface area contributed by atoms with Crippen molar-refractivity contribution in [2.75, 3.05) is 24.2 Å². The van der Waals surface area contributed by atoms with Gasteiger partial charge in [0.2, 0.25) is 11.8 Å². The number of nitrogens with one attached hydrogen (secondary N) is 1. The third-order valence-corrected chi connectivity index (χ3v) is 5.62. The molecule has 5 nitrogen and oxygen atoms in total. The van der Waals surface area contributed by atoms with Crippen molar-refractivity contribution < 1.29 is 9.59 Å². The zero-order chi connectivity index (χ0) is 17.5. The number of carbonyl (C=O) groups excluding carboxylic acids is 2. The van der Waals surface area contributed by atoms with Crippen LogP contribution in [0.25, 0.3) is 0 Å². The molecule has 1 aromatic rings. The number of hydrogen-bond acceptors (Lipinski definition) is 4. The normalized spacial score (nSPS) is 20.2. The van der Waals surface area contributed by atoms with Gasteiger partial charge in [0, 0.05) is 23.0 Å². The summed E-state index contributed by atoms with van der Waals surface area (Å²) in [4.78, 5) is 25.9. The van der Waals surface area contributed by atoms with E-state index < -0.39 is 5.91 Å². The molecule has 6 heteroatoms. The van der Waals surface area contributed by atoms with Gasteiger partial charge in [-0.2, -0.15) is 11.8 Å². The first-order valence-electron chi connectivity index (χ1n) is 8.57. The van der Waals surface area contributed by atoms with Gasteiger partial charge in [0.1, 0.15) is 0 Å². The molecule has 1 aliphatic heterocycles. The summed E-state index contributed by atoms with van der Waals surface area (Å²) in [5.41, 5.74) is 6.35. The number of anilines is 1. The van der Waals surface area contributed by atoms with Crippen LogP contribution in [0.3, 0.4) is 0 Å². The zero-order valence-corrected chi connectivity index (χ0v) is 15.3. The summed E-state index contributed by atoms with van der Waals surface area (Å²) < 4.78 is 0. The van der Waals surface area contributed by atoms with E-state index in [-0.39, 0.29) is 11.9 Å². The van der Waals surface area contributed by atoms with Crippen molar-refractivity contribution in [1.29, 1.82) is 0 Å². The predicted octanol–water partition coefficient (Wildman–Crippen LogP) is 2.72. The lowest BCUT2D eigenvalue weighted by molar-refractivity contribution is -0.120. The lowest BCUT2D eigenvalue weighted by Gasteiger charge is -2.29. The molecule has 132 valence electrons. The van der Waals surface area contributed by atoms with Gasteiger partial charge in [-0.25, -0.2) is 0 Å². The van der Waals surface area contributed by atoms with Crippen molar-refractivity contribution in [3.8, 4) is 0 Å². The van der Waals surface area contributed by atoms with Crippen LogP contribution in [-0.2, 0) is 4.79 Å². The van der Waals surface area contributed by atoms with Crippen LogP contribution in [0, 0.1) is 0 Å². The van der Waals surface area contributed by atoms with Crippen molar-refractivity contribution in [3.05, 3.63) is 29.8 Å².